The van der Waals surface area contributed by atoms with Gasteiger partial charge in [0.25, 0.3) is 5.69 Å². The molecular weight excluding hydrogens is 274 g/mol. The van der Waals surface area contributed by atoms with Gasteiger partial charge in [0, 0.05) is 23.9 Å². The normalized spacial score (nSPS) is 10.7. The van der Waals surface area contributed by atoms with E-state index >= 15 is 0 Å². The summed E-state index contributed by atoms with van der Waals surface area (Å²) < 4.78 is 1.44. The summed E-state index contributed by atoms with van der Waals surface area (Å²) in [5, 5.41) is 19.9. The van der Waals surface area contributed by atoms with Crippen molar-refractivity contribution < 1.29 is 14.8 Å². The van der Waals surface area contributed by atoms with Gasteiger partial charge in [-0.2, -0.15) is 0 Å². The van der Waals surface area contributed by atoms with Crippen LogP contribution in [0.1, 0.15) is 10.5 Å². The Balaban J connectivity index is 2.18. The first-order valence-electron chi connectivity index (χ1n) is 6.02. The fourth-order valence-electron chi connectivity index (χ4n) is 2.10. The van der Waals surface area contributed by atoms with Gasteiger partial charge in [-0.25, -0.2) is 9.78 Å². The third kappa shape index (κ3) is 2.20. The average molecular weight is 283 g/mol. The van der Waals surface area contributed by atoms with Crippen molar-refractivity contribution in [3.63, 3.8) is 0 Å². The molecule has 0 fully saturated rings. The summed E-state index contributed by atoms with van der Waals surface area (Å²) in [7, 11) is 0. The molecule has 2 heterocycles. The molecule has 2 aromatic heterocycles. The molecule has 0 aliphatic rings. The van der Waals surface area contributed by atoms with Crippen LogP contribution in [0.15, 0.2) is 48.7 Å². The highest BCUT2D eigenvalue weighted by molar-refractivity contribution is 5.87. The van der Waals surface area contributed by atoms with E-state index in [0.717, 1.165) is 0 Å². The van der Waals surface area contributed by atoms with Gasteiger partial charge in [-0.1, -0.05) is 18.2 Å². The molecule has 0 aliphatic carbocycles. The average Bonchev–Trinajstić information content (AvgIpc) is 2.91. The van der Waals surface area contributed by atoms with E-state index in [-0.39, 0.29) is 11.4 Å². The lowest BCUT2D eigenvalue weighted by Gasteiger charge is -1.98. The van der Waals surface area contributed by atoms with Gasteiger partial charge in [0.15, 0.2) is 0 Å². The number of pyridine rings is 1. The van der Waals surface area contributed by atoms with Crippen LogP contribution in [-0.4, -0.2) is 25.4 Å². The van der Waals surface area contributed by atoms with Crippen molar-refractivity contribution in [3.05, 3.63) is 64.5 Å². The van der Waals surface area contributed by atoms with Crippen molar-refractivity contribution in [3.8, 4) is 11.3 Å². The molecule has 0 amide bonds. The van der Waals surface area contributed by atoms with Gasteiger partial charge in [-0.05, 0) is 12.1 Å². The monoisotopic (exact) mass is 283 g/mol. The largest absolute Gasteiger partial charge is 0.477 e. The first-order valence-corrected chi connectivity index (χ1v) is 6.02. The van der Waals surface area contributed by atoms with Gasteiger partial charge < -0.3 is 5.11 Å². The number of aromatic carboxylic acids is 1. The van der Waals surface area contributed by atoms with Gasteiger partial charge in [-0.3, -0.25) is 14.5 Å². The van der Waals surface area contributed by atoms with E-state index in [1.807, 2.05) is 0 Å². The Morgan fingerprint density at radius 2 is 2.00 bits per heavy atom. The Hall–Kier alpha value is -3.22. The molecule has 0 bridgehead atoms. The fraction of sp³-hybridized carbons (Fsp3) is 0. The molecule has 3 rings (SSSR count). The first-order chi connectivity index (χ1) is 10.1. The molecule has 3 aromatic rings. The van der Waals surface area contributed by atoms with Crippen LogP contribution in [-0.2, 0) is 0 Å². The van der Waals surface area contributed by atoms with Crippen LogP contribution in [0.2, 0.25) is 0 Å². The van der Waals surface area contributed by atoms with Gasteiger partial charge in [-0.15, -0.1) is 0 Å². The van der Waals surface area contributed by atoms with Crippen molar-refractivity contribution in [1.29, 1.82) is 0 Å². The third-order valence-electron chi connectivity index (χ3n) is 3.06. The predicted octanol–water partition coefficient (Wildman–Crippen LogP) is 2.61. The van der Waals surface area contributed by atoms with Crippen LogP contribution in [0.4, 0.5) is 5.69 Å². The minimum Gasteiger partial charge on any atom is -0.477 e. The molecule has 1 N–H and O–H groups in total. The number of benzene rings is 1. The Morgan fingerprint density at radius 1 is 1.24 bits per heavy atom. The highest BCUT2D eigenvalue weighted by atomic mass is 16.6. The zero-order valence-corrected chi connectivity index (χ0v) is 10.6. The third-order valence-corrected chi connectivity index (χ3v) is 3.06. The second-order valence-corrected chi connectivity index (χ2v) is 4.38. The van der Waals surface area contributed by atoms with Crippen molar-refractivity contribution in [2.24, 2.45) is 0 Å². The molecule has 0 unspecified atom stereocenters. The van der Waals surface area contributed by atoms with Crippen LogP contribution in [0.25, 0.3) is 16.9 Å². The highest BCUT2D eigenvalue weighted by Crippen LogP contribution is 2.24. The number of carboxylic acids is 1. The summed E-state index contributed by atoms with van der Waals surface area (Å²) in [5.74, 6) is -1.07. The number of aromatic nitrogens is 2. The Kier molecular flexibility index (Phi) is 2.87. The zero-order chi connectivity index (χ0) is 15.0. The van der Waals surface area contributed by atoms with Gasteiger partial charge in [0.05, 0.1) is 10.6 Å². The molecule has 7 heteroatoms. The number of imidazole rings is 1. The zero-order valence-electron chi connectivity index (χ0n) is 10.6. The lowest BCUT2D eigenvalue weighted by molar-refractivity contribution is -0.384. The molecule has 0 aliphatic heterocycles. The summed E-state index contributed by atoms with van der Waals surface area (Å²) in [6.45, 7) is 0. The van der Waals surface area contributed by atoms with E-state index in [1.165, 1.54) is 22.6 Å². The highest BCUT2D eigenvalue weighted by Gasteiger charge is 2.13. The molecule has 0 saturated heterocycles. The molecule has 104 valence electrons. The van der Waals surface area contributed by atoms with E-state index in [0.29, 0.717) is 16.9 Å². The summed E-state index contributed by atoms with van der Waals surface area (Å²) in [5.41, 5.74) is 1.55. The molecule has 1 aromatic carbocycles. The summed E-state index contributed by atoms with van der Waals surface area (Å²) in [6, 6.07) is 10.8. The van der Waals surface area contributed by atoms with E-state index in [1.54, 1.807) is 30.5 Å². The quantitative estimate of drug-likeness (QED) is 0.588. The number of carboxylic acid groups (broad SMARTS) is 1. The molecule has 21 heavy (non-hydrogen) atoms. The van der Waals surface area contributed by atoms with Gasteiger partial charge >= 0.3 is 5.97 Å². The van der Waals surface area contributed by atoms with E-state index in [2.05, 4.69) is 4.98 Å². The number of carbonyl (C=O) groups is 1. The number of hydrogen-bond acceptors (Lipinski definition) is 4. The molecule has 0 saturated carbocycles. The number of nitro groups is 1. The Morgan fingerprint density at radius 3 is 2.71 bits per heavy atom. The minimum atomic E-state index is -1.07. The van der Waals surface area contributed by atoms with E-state index < -0.39 is 10.9 Å². The molecule has 7 nitrogen and oxygen atoms in total. The maximum atomic E-state index is 11.2. The fourth-order valence-corrected chi connectivity index (χ4v) is 2.10. The van der Waals surface area contributed by atoms with Crippen molar-refractivity contribution in [1.82, 2.24) is 9.38 Å². The topological polar surface area (TPSA) is 97.7 Å². The molecule has 0 radical (unpaired) electrons. The van der Waals surface area contributed by atoms with Crippen molar-refractivity contribution in [2.45, 2.75) is 0 Å². The maximum absolute atomic E-state index is 11.2. The lowest BCUT2D eigenvalue weighted by atomic mass is 10.1. The number of fused-ring (bicyclic) bond motifs is 1. The second-order valence-electron chi connectivity index (χ2n) is 4.38. The van der Waals surface area contributed by atoms with Crippen LogP contribution in [0.3, 0.4) is 0 Å². The smallest absolute Gasteiger partial charge is 0.352 e. The van der Waals surface area contributed by atoms with Crippen LogP contribution in [0, 0.1) is 10.1 Å². The molecular formula is C14H9N3O4. The van der Waals surface area contributed by atoms with Crippen LogP contribution in [0.5, 0.6) is 0 Å². The number of rotatable bonds is 3. The summed E-state index contributed by atoms with van der Waals surface area (Å²) in [6.07, 6.45) is 1.55. The number of hydrogen-bond donors (Lipinski definition) is 1. The van der Waals surface area contributed by atoms with Crippen molar-refractivity contribution >= 4 is 17.3 Å². The minimum absolute atomic E-state index is 0.0389. The number of nitrogens with zero attached hydrogens (tertiary/aromatic N) is 3. The Bertz CT molecular complexity index is 870. The molecule has 0 atom stereocenters. The second kappa shape index (κ2) is 4.71. The van der Waals surface area contributed by atoms with Crippen molar-refractivity contribution in [2.75, 3.05) is 0 Å². The molecule has 0 spiro atoms. The van der Waals surface area contributed by atoms with Crippen LogP contribution < -0.4 is 0 Å². The lowest BCUT2D eigenvalue weighted by Crippen LogP contribution is -2.03. The number of non-ortho nitro benzene ring substituents is 1. The van der Waals surface area contributed by atoms with Gasteiger partial charge in [0.2, 0.25) is 0 Å². The summed E-state index contributed by atoms with van der Waals surface area (Å²) >= 11 is 0. The summed E-state index contributed by atoms with van der Waals surface area (Å²) in [4.78, 5) is 25.8. The maximum Gasteiger partial charge on any atom is 0.352 e. The van der Waals surface area contributed by atoms with Gasteiger partial charge in [0.1, 0.15) is 11.3 Å². The number of nitro benzene ring substituents is 1. The van der Waals surface area contributed by atoms with E-state index in [4.69, 9.17) is 5.11 Å². The SMILES string of the molecule is O=C(O)c1cccc2nc(-c3cccc([N+](=O)[O-])c3)cn12. The first kappa shape index (κ1) is 12.8. The van der Waals surface area contributed by atoms with E-state index in [9.17, 15) is 14.9 Å². The Labute approximate surface area is 118 Å². The van der Waals surface area contributed by atoms with Crippen LogP contribution >= 0.6 is 0 Å². The predicted molar refractivity (Wildman–Crippen MR) is 74.2 cm³/mol. The standard InChI is InChI=1S/C14H9N3O4/c18-14(19)12-5-2-6-13-15-11(8-16(12)13)9-3-1-4-10(7-9)17(20)21/h1-8H,(H,18,19).